The lowest BCUT2D eigenvalue weighted by Crippen LogP contribution is -2.54. The molecule has 7 heteroatoms. The molecule has 1 spiro atoms. The molecule has 1 saturated heterocycles. The molecule has 4 heterocycles. The number of carbonyl (C=O) groups excluding carboxylic acids is 2. The molecule has 148 valence electrons. The van der Waals surface area contributed by atoms with E-state index in [0.717, 1.165) is 36.9 Å². The number of furan rings is 1. The Morgan fingerprint density at radius 3 is 2.68 bits per heavy atom. The van der Waals surface area contributed by atoms with Crippen molar-refractivity contribution < 1.29 is 14.0 Å². The minimum atomic E-state index is -0.165. The van der Waals surface area contributed by atoms with E-state index in [4.69, 9.17) is 9.52 Å². The van der Waals surface area contributed by atoms with Crippen LogP contribution >= 0.6 is 0 Å². The molecule has 7 nitrogen and oxygen atoms in total. The van der Waals surface area contributed by atoms with Crippen molar-refractivity contribution in [3.05, 3.63) is 41.6 Å². The first kappa shape index (κ1) is 17.5. The zero-order valence-electron chi connectivity index (χ0n) is 16.3. The van der Waals surface area contributed by atoms with Crippen LogP contribution in [0.2, 0.25) is 0 Å². The molecule has 1 saturated carbocycles. The summed E-state index contributed by atoms with van der Waals surface area (Å²) in [5.41, 5.74) is 1.54. The number of hydrogen-bond acceptors (Lipinski definition) is 4. The predicted octanol–water partition coefficient (Wildman–Crippen LogP) is 2.85. The Balaban J connectivity index is 1.42. The largest absolute Gasteiger partial charge is 0.459 e. The van der Waals surface area contributed by atoms with E-state index in [1.165, 1.54) is 19.1 Å². The van der Waals surface area contributed by atoms with E-state index in [-0.39, 0.29) is 17.2 Å². The third kappa shape index (κ3) is 2.67. The van der Waals surface area contributed by atoms with E-state index >= 15 is 0 Å². The molecular weight excluding hydrogens is 356 g/mol. The summed E-state index contributed by atoms with van der Waals surface area (Å²) in [5, 5.41) is 4.96. The van der Waals surface area contributed by atoms with Crippen LogP contribution in [-0.2, 0) is 5.41 Å². The smallest absolute Gasteiger partial charge is 0.289 e. The lowest BCUT2D eigenvalue weighted by atomic mass is 9.72. The maximum Gasteiger partial charge on any atom is 0.289 e. The highest BCUT2D eigenvalue weighted by molar-refractivity contribution is 5.97. The quantitative estimate of drug-likeness (QED) is 0.801. The Kier molecular flexibility index (Phi) is 4.07. The number of amides is 2. The first-order valence-corrected chi connectivity index (χ1v) is 10.3. The number of fused-ring (bicyclic) bond motifs is 2. The average molecular weight is 382 g/mol. The van der Waals surface area contributed by atoms with Gasteiger partial charge in [0.25, 0.3) is 11.8 Å². The number of nitrogens with zero attached hydrogens (tertiary/aromatic N) is 4. The second-order valence-electron chi connectivity index (χ2n) is 8.52. The number of likely N-dealkylation sites (N-methyl/N-ethyl adjacent to an activating group) is 1. The number of piperidine rings is 1. The van der Waals surface area contributed by atoms with Gasteiger partial charge >= 0.3 is 0 Å². The van der Waals surface area contributed by atoms with Gasteiger partial charge in [-0.25, -0.2) is 0 Å². The molecule has 2 aromatic heterocycles. The van der Waals surface area contributed by atoms with E-state index in [9.17, 15) is 9.59 Å². The third-order valence-corrected chi connectivity index (χ3v) is 6.79. The Morgan fingerprint density at radius 1 is 1.25 bits per heavy atom. The Hall–Kier alpha value is -2.57. The lowest BCUT2D eigenvalue weighted by Gasteiger charge is -2.45. The fraction of sp³-hybridized carbons (Fsp3) is 0.571. The molecule has 2 amide bonds. The second-order valence-corrected chi connectivity index (χ2v) is 8.52. The maximum absolute atomic E-state index is 12.8. The van der Waals surface area contributed by atoms with Crippen LogP contribution in [0.3, 0.4) is 0 Å². The average Bonchev–Trinajstić information content (AvgIpc) is 3.47. The summed E-state index contributed by atoms with van der Waals surface area (Å²) in [6.45, 7) is 1.97. The molecule has 0 bridgehead atoms. The van der Waals surface area contributed by atoms with Crippen LogP contribution in [0, 0.1) is 0 Å². The molecule has 2 aromatic rings. The number of aromatic nitrogens is 2. The van der Waals surface area contributed by atoms with Crippen LogP contribution in [0.4, 0.5) is 0 Å². The van der Waals surface area contributed by atoms with Gasteiger partial charge in [-0.05, 0) is 37.8 Å². The van der Waals surface area contributed by atoms with E-state index in [0.29, 0.717) is 31.4 Å². The fourth-order valence-electron chi connectivity index (χ4n) is 5.19. The Morgan fingerprint density at radius 2 is 2.00 bits per heavy atom. The summed E-state index contributed by atoms with van der Waals surface area (Å²) < 4.78 is 7.33. The lowest BCUT2D eigenvalue weighted by molar-refractivity contribution is 0.0525. The van der Waals surface area contributed by atoms with Crippen molar-refractivity contribution in [1.82, 2.24) is 19.6 Å². The van der Waals surface area contributed by atoms with Crippen LogP contribution in [0.25, 0.3) is 0 Å². The monoisotopic (exact) mass is 382 g/mol. The predicted molar refractivity (Wildman–Crippen MR) is 102 cm³/mol. The highest BCUT2D eigenvalue weighted by atomic mass is 16.3. The molecule has 0 unspecified atom stereocenters. The summed E-state index contributed by atoms with van der Waals surface area (Å²) in [4.78, 5) is 29.1. The van der Waals surface area contributed by atoms with Crippen molar-refractivity contribution in [3.8, 4) is 0 Å². The molecule has 0 atom stereocenters. The van der Waals surface area contributed by atoms with Gasteiger partial charge in [0.1, 0.15) is 0 Å². The first-order valence-electron chi connectivity index (χ1n) is 10.3. The summed E-state index contributed by atoms with van der Waals surface area (Å²) >= 11 is 0. The molecular formula is C21H26N4O3. The minimum Gasteiger partial charge on any atom is -0.459 e. The number of rotatable bonds is 2. The fourth-order valence-corrected chi connectivity index (χ4v) is 5.19. The highest BCUT2D eigenvalue weighted by Crippen LogP contribution is 2.42. The SMILES string of the molecule is CN1CC2(CCN(C(=O)c3ccco3)CC2)c2nn(C3CCCC3)cc2C1=O. The summed E-state index contributed by atoms with van der Waals surface area (Å²) in [6.07, 6.45) is 9.88. The number of hydrogen-bond donors (Lipinski definition) is 0. The zero-order chi connectivity index (χ0) is 19.3. The molecule has 0 aromatic carbocycles. The number of likely N-dealkylation sites (tertiary alicyclic amines) is 1. The van der Waals surface area contributed by atoms with Crippen molar-refractivity contribution in [2.45, 2.75) is 50.0 Å². The molecule has 3 aliphatic rings. The molecule has 2 fully saturated rings. The van der Waals surface area contributed by atoms with Gasteiger partial charge in [0.2, 0.25) is 0 Å². The van der Waals surface area contributed by atoms with E-state index in [1.54, 1.807) is 12.1 Å². The van der Waals surface area contributed by atoms with Crippen LogP contribution in [0.15, 0.2) is 29.0 Å². The van der Waals surface area contributed by atoms with Crippen LogP contribution in [-0.4, -0.2) is 58.1 Å². The molecule has 0 radical (unpaired) electrons. The standard InChI is InChI=1S/C21H26N4O3/c1-23-14-21(8-10-24(11-9-21)20(27)17-7-4-12-28-17)18-16(19(23)26)13-25(22-18)15-5-2-3-6-15/h4,7,12-13,15H,2-3,5-6,8-11,14H2,1H3. The van der Waals surface area contributed by atoms with Gasteiger partial charge in [-0.3, -0.25) is 14.3 Å². The van der Waals surface area contributed by atoms with Crippen LogP contribution < -0.4 is 0 Å². The molecule has 28 heavy (non-hydrogen) atoms. The number of carbonyl (C=O) groups is 2. The third-order valence-electron chi connectivity index (χ3n) is 6.79. The van der Waals surface area contributed by atoms with Crippen molar-refractivity contribution in [2.75, 3.05) is 26.7 Å². The van der Waals surface area contributed by atoms with E-state index in [1.807, 2.05) is 23.0 Å². The van der Waals surface area contributed by atoms with Crippen molar-refractivity contribution in [2.24, 2.45) is 0 Å². The maximum atomic E-state index is 12.8. The molecule has 2 aliphatic heterocycles. The summed E-state index contributed by atoms with van der Waals surface area (Å²) in [7, 11) is 1.88. The van der Waals surface area contributed by atoms with Gasteiger partial charge in [0.05, 0.1) is 23.6 Å². The molecule has 5 rings (SSSR count). The molecule has 1 aliphatic carbocycles. The Bertz CT molecular complexity index is 887. The Labute approximate surface area is 164 Å². The normalized spacial score (nSPS) is 22.1. The van der Waals surface area contributed by atoms with Gasteiger partial charge < -0.3 is 14.2 Å². The van der Waals surface area contributed by atoms with Gasteiger partial charge in [-0.15, -0.1) is 0 Å². The first-order chi connectivity index (χ1) is 13.6. The summed E-state index contributed by atoms with van der Waals surface area (Å²) in [6, 6.07) is 3.87. The van der Waals surface area contributed by atoms with Crippen LogP contribution in [0.1, 0.15) is 71.2 Å². The van der Waals surface area contributed by atoms with Crippen LogP contribution in [0.5, 0.6) is 0 Å². The van der Waals surface area contributed by atoms with Gasteiger partial charge in [0.15, 0.2) is 5.76 Å². The van der Waals surface area contributed by atoms with Gasteiger partial charge in [-0.1, -0.05) is 12.8 Å². The van der Waals surface area contributed by atoms with E-state index < -0.39 is 0 Å². The van der Waals surface area contributed by atoms with Crippen molar-refractivity contribution in [3.63, 3.8) is 0 Å². The highest BCUT2D eigenvalue weighted by Gasteiger charge is 2.47. The molecule has 0 N–H and O–H groups in total. The zero-order valence-corrected chi connectivity index (χ0v) is 16.3. The van der Waals surface area contributed by atoms with Gasteiger partial charge in [0, 0.05) is 38.3 Å². The van der Waals surface area contributed by atoms with Crippen molar-refractivity contribution in [1.29, 1.82) is 0 Å². The summed E-state index contributed by atoms with van der Waals surface area (Å²) in [5.74, 6) is 0.397. The van der Waals surface area contributed by atoms with E-state index in [2.05, 4.69) is 4.68 Å². The van der Waals surface area contributed by atoms with Crippen molar-refractivity contribution >= 4 is 11.8 Å². The minimum absolute atomic E-state index is 0.0585. The topological polar surface area (TPSA) is 71.6 Å². The van der Waals surface area contributed by atoms with Gasteiger partial charge in [-0.2, -0.15) is 5.10 Å². The second kappa shape index (κ2) is 6.50.